The third-order valence-corrected chi connectivity index (χ3v) is 4.58. The molecule has 0 spiro atoms. The minimum absolute atomic E-state index is 0.0841. The molecule has 1 atom stereocenters. The van der Waals surface area contributed by atoms with E-state index in [1.807, 2.05) is 13.8 Å². The molecule has 0 radical (unpaired) electrons. The standard InChI is InChI=1S/C19H22N2O5S/c1-12(2)17(21-18(24)15-7-4-8-27-15)19(25)20-10-13-5-3-6-14(9-13)26-11-16(22)23/h3-9,12,17H,10-11H2,1-2H3,(H,20,25)(H,21,24)(H,22,23). The van der Waals surface area contributed by atoms with E-state index in [1.54, 1.807) is 41.8 Å². The molecule has 27 heavy (non-hydrogen) atoms. The lowest BCUT2D eigenvalue weighted by molar-refractivity contribution is -0.139. The van der Waals surface area contributed by atoms with Gasteiger partial charge in [-0.2, -0.15) is 0 Å². The molecule has 0 aliphatic rings. The SMILES string of the molecule is CC(C)C(NC(=O)c1cccs1)C(=O)NCc1cccc(OCC(=O)O)c1. The molecule has 1 aromatic carbocycles. The third-order valence-electron chi connectivity index (χ3n) is 3.71. The van der Waals surface area contributed by atoms with Crippen molar-refractivity contribution in [3.63, 3.8) is 0 Å². The molecule has 144 valence electrons. The van der Waals surface area contributed by atoms with E-state index in [0.29, 0.717) is 10.6 Å². The first kappa shape index (κ1) is 20.4. The van der Waals surface area contributed by atoms with Crippen molar-refractivity contribution >= 4 is 29.1 Å². The van der Waals surface area contributed by atoms with Crippen LogP contribution < -0.4 is 15.4 Å². The van der Waals surface area contributed by atoms with Crippen LogP contribution in [0.4, 0.5) is 0 Å². The Morgan fingerprint density at radius 1 is 1.19 bits per heavy atom. The predicted molar refractivity (Wildman–Crippen MR) is 102 cm³/mol. The smallest absolute Gasteiger partial charge is 0.341 e. The summed E-state index contributed by atoms with van der Waals surface area (Å²) >= 11 is 1.32. The molecule has 1 aromatic heterocycles. The van der Waals surface area contributed by atoms with Gasteiger partial charge in [-0.05, 0) is 35.1 Å². The largest absolute Gasteiger partial charge is 0.482 e. The summed E-state index contributed by atoms with van der Waals surface area (Å²) in [5.41, 5.74) is 0.762. The van der Waals surface area contributed by atoms with E-state index >= 15 is 0 Å². The van der Waals surface area contributed by atoms with Crippen LogP contribution in [0.1, 0.15) is 29.1 Å². The van der Waals surface area contributed by atoms with Crippen LogP contribution in [0.2, 0.25) is 0 Å². The number of benzene rings is 1. The van der Waals surface area contributed by atoms with Crippen molar-refractivity contribution in [1.29, 1.82) is 0 Å². The minimum atomic E-state index is -1.06. The number of rotatable bonds is 9. The maximum atomic E-state index is 12.5. The molecule has 7 nitrogen and oxygen atoms in total. The Balaban J connectivity index is 1.94. The van der Waals surface area contributed by atoms with Gasteiger partial charge in [-0.15, -0.1) is 11.3 Å². The molecule has 0 saturated carbocycles. The molecule has 2 rings (SSSR count). The highest BCUT2D eigenvalue weighted by Crippen LogP contribution is 2.14. The van der Waals surface area contributed by atoms with E-state index < -0.39 is 18.6 Å². The summed E-state index contributed by atoms with van der Waals surface area (Å²) < 4.78 is 5.13. The summed E-state index contributed by atoms with van der Waals surface area (Å²) in [5, 5.41) is 16.0. The minimum Gasteiger partial charge on any atom is -0.482 e. The van der Waals surface area contributed by atoms with Crippen LogP contribution in [-0.4, -0.2) is 35.5 Å². The van der Waals surface area contributed by atoms with Gasteiger partial charge in [-0.25, -0.2) is 4.79 Å². The second-order valence-corrected chi connectivity index (χ2v) is 7.17. The van der Waals surface area contributed by atoms with Crippen LogP contribution in [0.3, 0.4) is 0 Å². The molecule has 3 N–H and O–H groups in total. The van der Waals surface area contributed by atoms with Crippen molar-refractivity contribution < 1.29 is 24.2 Å². The molecule has 0 saturated heterocycles. The fraction of sp³-hybridized carbons (Fsp3) is 0.316. The van der Waals surface area contributed by atoms with Crippen molar-refractivity contribution in [3.05, 3.63) is 52.2 Å². The highest BCUT2D eigenvalue weighted by molar-refractivity contribution is 7.12. The topological polar surface area (TPSA) is 105 Å². The number of carboxylic acids is 1. The molecule has 0 aliphatic carbocycles. The molecular weight excluding hydrogens is 368 g/mol. The van der Waals surface area contributed by atoms with Crippen LogP contribution in [0.15, 0.2) is 41.8 Å². The average Bonchev–Trinajstić information content (AvgIpc) is 3.17. The molecule has 8 heteroatoms. The highest BCUT2D eigenvalue weighted by Gasteiger charge is 2.24. The molecule has 1 unspecified atom stereocenters. The van der Waals surface area contributed by atoms with Crippen LogP contribution in [-0.2, 0) is 16.1 Å². The van der Waals surface area contributed by atoms with Gasteiger partial charge in [0.15, 0.2) is 6.61 Å². The van der Waals surface area contributed by atoms with E-state index in [0.717, 1.165) is 5.56 Å². The number of carboxylic acid groups (broad SMARTS) is 1. The maximum absolute atomic E-state index is 12.5. The van der Waals surface area contributed by atoms with Gasteiger partial charge < -0.3 is 20.5 Å². The first-order valence-electron chi connectivity index (χ1n) is 8.42. The Morgan fingerprint density at radius 2 is 1.96 bits per heavy atom. The lowest BCUT2D eigenvalue weighted by Gasteiger charge is -2.21. The van der Waals surface area contributed by atoms with E-state index in [-0.39, 0.29) is 24.3 Å². The van der Waals surface area contributed by atoms with Crippen molar-refractivity contribution in [2.75, 3.05) is 6.61 Å². The molecule has 2 amide bonds. The Kier molecular flexibility index (Phi) is 7.36. The van der Waals surface area contributed by atoms with Crippen LogP contribution in [0.5, 0.6) is 5.75 Å². The first-order chi connectivity index (χ1) is 12.9. The molecular formula is C19H22N2O5S. The average molecular weight is 390 g/mol. The van der Waals surface area contributed by atoms with Gasteiger partial charge in [0.05, 0.1) is 4.88 Å². The van der Waals surface area contributed by atoms with Crippen molar-refractivity contribution in [1.82, 2.24) is 10.6 Å². The van der Waals surface area contributed by atoms with E-state index in [2.05, 4.69) is 10.6 Å². The molecule has 2 aromatic rings. The number of ether oxygens (including phenoxy) is 1. The summed E-state index contributed by atoms with van der Waals surface area (Å²) in [5.74, 6) is -1.29. The van der Waals surface area contributed by atoms with Gasteiger partial charge in [0.2, 0.25) is 5.91 Å². The zero-order valence-electron chi connectivity index (χ0n) is 15.1. The van der Waals surface area contributed by atoms with Crippen molar-refractivity contribution in [3.8, 4) is 5.75 Å². The Labute approximate surface area is 161 Å². The van der Waals surface area contributed by atoms with E-state index in [9.17, 15) is 14.4 Å². The molecule has 0 fully saturated rings. The van der Waals surface area contributed by atoms with Gasteiger partial charge in [0, 0.05) is 6.54 Å². The van der Waals surface area contributed by atoms with Crippen molar-refractivity contribution in [2.45, 2.75) is 26.4 Å². The van der Waals surface area contributed by atoms with Crippen LogP contribution in [0.25, 0.3) is 0 Å². The summed E-state index contributed by atoms with van der Waals surface area (Å²) in [6.45, 7) is 3.53. The quantitative estimate of drug-likeness (QED) is 0.609. The zero-order chi connectivity index (χ0) is 19.8. The highest BCUT2D eigenvalue weighted by atomic mass is 32.1. The van der Waals surface area contributed by atoms with Gasteiger partial charge >= 0.3 is 5.97 Å². The zero-order valence-corrected chi connectivity index (χ0v) is 15.9. The number of amides is 2. The number of thiophene rings is 1. The normalized spacial score (nSPS) is 11.7. The number of carbonyl (C=O) groups excluding carboxylic acids is 2. The number of carbonyl (C=O) groups is 3. The van der Waals surface area contributed by atoms with Crippen LogP contribution >= 0.6 is 11.3 Å². The summed E-state index contributed by atoms with van der Waals surface area (Å²) in [6.07, 6.45) is 0. The van der Waals surface area contributed by atoms with Gasteiger partial charge in [-0.3, -0.25) is 9.59 Å². The second-order valence-electron chi connectivity index (χ2n) is 6.22. The maximum Gasteiger partial charge on any atom is 0.341 e. The fourth-order valence-corrected chi connectivity index (χ4v) is 2.97. The van der Waals surface area contributed by atoms with Crippen molar-refractivity contribution in [2.24, 2.45) is 5.92 Å². The summed E-state index contributed by atoms with van der Waals surface area (Å²) in [7, 11) is 0. The summed E-state index contributed by atoms with van der Waals surface area (Å²) in [4.78, 5) is 35.9. The number of hydrogen-bond acceptors (Lipinski definition) is 5. The predicted octanol–water partition coefficient (Wildman–Crippen LogP) is 2.28. The number of hydrogen-bond donors (Lipinski definition) is 3. The Hall–Kier alpha value is -2.87. The van der Waals surface area contributed by atoms with Crippen LogP contribution in [0, 0.1) is 5.92 Å². The lowest BCUT2D eigenvalue weighted by atomic mass is 10.0. The van der Waals surface area contributed by atoms with Gasteiger partial charge in [0.25, 0.3) is 5.91 Å². The second kappa shape index (κ2) is 9.72. The molecule has 0 bridgehead atoms. The monoisotopic (exact) mass is 390 g/mol. The molecule has 0 aliphatic heterocycles. The lowest BCUT2D eigenvalue weighted by Crippen LogP contribution is -2.49. The Morgan fingerprint density at radius 3 is 2.59 bits per heavy atom. The molecule has 1 heterocycles. The van der Waals surface area contributed by atoms with E-state index in [4.69, 9.17) is 9.84 Å². The fourth-order valence-electron chi connectivity index (χ4n) is 2.34. The Bertz CT molecular complexity index is 789. The third kappa shape index (κ3) is 6.41. The van der Waals surface area contributed by atoms with Gasteiger partial charge in [-0.1, -0.05) is 32.0 Å². The summed E-state index contributed by atoms with van der Waals surface area (Å²) in [6, 6.07) is 9.65. The van der Waals surface area contributed by atoms with E-state index in [1.165, 1.54) is 11.3 Å². The number of nitrogens with one attached hydrogen (secondary N) is 2. The number of aliphatic carboxylic acids is 1. The first-order valence-corrected chi connectivity index (χ1v) is 9.30. The van der Waals surface area contributed by atoms with Gasteiger partial charge in [0.1, 0.15) is 11.8 Å².